The molecule has 0 atom stereocenters. The van der Waals surface area contributed by atoms with Crippen molar-refractivity contribution in [3.63, 3.8) is 0 Å². The molecule has 12 rings (SSSR count). The highest BCUT2D eigenvalue weighted by atomic mass is 35.5. The predicted octanol–water partition coefficient (Wildman–Crippen LogP) is 21.8. The minimum atomic E-state index is -0.476. The lowest BCUT2D eigenvalue weighted by atomic mass is 9.99. The summed E-state index contributed by atoms with van der Waals surface area (Å²) >= 11 is 11.4. The lowest BCUT2D eigenvalue weighted by Gasteiger charge is -2.08. The summed E-state index contributed by atoms with van der Waals surface area (Å²) in [5.74, 6) is -0.594. The maximum Gasteiger partial charge on any atom is 0.283 e. The van der Waals surface area contributed by atoms with E-state index in [1.807, 2.05) is 149 Å². The number of halogens is 1. The molecule has 19 heteroatoms. The summed E-state index contributed by atoms with van der Waals surface area (Å²) in [6.45, 7) is 9.58. The van der Waals surface area contributed by atoms with Gasteiger partial charge < -0.3 is 5.73 Å². The second-order valence-electron chi connectivity index (χ2n) is 22.4. The number of anilines is 1. The Bertz CT molecular complexity index is 5000. The average Bonchev–Trinajstić information content (AvgIpc) is 0.838. The molecule has 12 aromatic rings. The minimum absolute atomic E-state index is 0.0618. The molecular formula is C81H63ClN4O10S4. The van der Waals surface area contributed by atoms with Gasteiger partial charge in [-0.15, -0.1) is 0 Å². The van der Waals surface area contributed by atoms with Crippen molar-refractivity contribution in [2.45, 2.75) is 73.8 Å². The van der Waals surface area contributed by atoms with Crippen LogP contribution < -0.4 is 5.73 Å². The number of nitrogen functional groups attached to an aromatic ring is 1. The summed E-state index contributed by atoms with van der Waals surface area (Å²) in [6, 6.07) is 83.0. The van der Waals surface area contributed by atoms with E-state index in [2.05, 4.69) is 31.2 Å². The van der Waals surface area contributed by atoms with E-state index in [0.29, 0.717) is 53.2 Å². The fourth-order valence-electron chi connectivity index (χ4n) is 9.95. The van der Waals surface area contributed by atoms with E-state index in [-0.39, 0.29) is 45.8 Å². The topological polar surface area (TPSA) is 224 Å². The molecule has 0 amide bonds. The Labute approximate surface area is 600 Å². The number of ketones is 4. The van der Waals surface area contributed by atoms with E-state index >= 15 is 0 Å². The highest BCUT2D eigenvalue weighted by Crippen LogP contribution is 2.40. The van der Waals surface area contributed by atoms with Gasteiger partial charge in [0.05, 0.1) is 29.5 Å². The van der Waals surface area contributed by atoms with Crippen LogP contribution in [0.25, 0.3) is 0 Å². The van der Waals surface area contributed by atoms with Crippen molar-refractivity contribution in [2.75, 3.05) is 5.73 Å². The highest BCUT2D eigenvalue weighted by Gasteiger charge is 2.24. The van der Waals surface area contributed by atoms with Crippen LogP contribution in [0.15, 0.2) is 318 Å². The van der Waals surface area contributed by atoms with Gasteiger partial charge in [0.25, 0.3) is 17.1 Å². The monoisotopic (exact) mass is 1410 g/mol. The number of nitrogens with two attached hydrogens (primary N) is 1. The Hall–Kier alpha value is -11.0. The number of para-hydroxylation sites is 1. The maximum atomic E-state index is 12.7. The number of carbonyl (C=O) groups excluding carboxylic acids is 4. The third-order valence-electron chi connectivity index (χ3n) is 15.3. The van der Waals surface area contributed by atoms with Crippen molar-refractivity contribution in [2.24, 2.45) is 0 Å². The van der Waals surface area contributed by atoms with Crippen molar-refractivity contribution in [3.8, 4) is 0 Å². The number of hydrogen-bond donors (Lipinski definition) is 1. The largest absolute Gasteiger partial charge is 0.398 e. The van der Waals surface area contributed by atoms with Gasteiger partial charge in [-0.2, -0.15) is 0 Å². The van der Waals surface area contributed by atoms with Crippen LogP contribution in [-0.2, 0) is 0 Å². The summed E-state index contributed by atoms with van der Waals surface area (Å²) in [4.78, 5) is 90.0. The van der Waals surface area contributed by atoms with E-state index in [9.17, 15) is 49.5 Å². The summed E-state index contributed by atoms with van der Waals surface area (Å²) in [5, 5.41) is 35.1. The summed E-state index contributed by atoms with van der Waals surface area (Å²) in [7, 11) is 0. The van der Waals surface area contributed by atoms with Gasteiger partial charge in [-0.3, -0.25) is 49.5 Å². The molecule has 0 spiro atoms. The molecule has 0 radical (unpaired) electrons. The molecule has 0 saturated heterocycles. The second-order valence-corrected chi connectivity index (χ2v) is 27.3. The van der Waals surface area contributed by atoms with E-state index in [0.717, 1.165) is 53.0 Å². The first-order chi connectivity index (χ1) is 48.1. The molecule has 0 aromatic heterocycles. The third-order valence-corrected chi connectivity index (χ3v) is 19.9. The molecule has 2 N–H and O–H groups in total. The molecule has 0 aliphatic heterocycles. The van der Waals surface area contributed by atoms with Crippen LogP contribution in [0.5, 0.6) is 0 Å². The van der Waals surface area contributed by atoms with Gasteiger partial charge in [0.2, 0.25) is 0 Å². The van der Waals surface area contributed by atoms with Crippen LogP contribution in [-0.4, -0.2) is 37.9 Å². The van der Waals surface area contributed by atoms with Crippen LogP contribution in [0.1, 0.15) is 91.5 Å². The number of rotatable bonds is 19. The predicted molar refractivity (Wildman–Crippen MR) is 401 cm³/mol. The molecule has 498 valence electrons. The first kappa shape index (κ1) is 73.3. The fraction of sp³-hybridized carbons (Fsp3) is 0.0617. The number of nitro benzene ring substituents is 3. The van der Waals surface area contributed by atoms with E-state index in [1.54, 1.807) is 127 Å². The van der Waals surface area contributed by atoms with Crippen LogP contribution in [0.3, 0.4) is 0 Å². The van der Waals surface area contributed by atoms with Gasteiger partial charge >= 0.3 is 0 Å². The van der Waals surface area contributed by atoms with Crippen molar-refractivity contribution in [1.82, 2.24) is 0 Å². The number of aryl methyl sites for hydroxylation is 5. The van der Waals surface area contributed by atoms with Crippen molar-refractivity contribution >= 4 is 105 Å². The lowest BCUT2D eigenvalue weighted by Crippen LogP contribution is -2.04. The Morgan fingerprint density at radius 1 is 0.310 bits per heavy atom. The Balaban J connectivity index is 0.000000156. The van der Waals surface area contributed by atoms with Gasteiger partial charge in [0, 0.05) is 97.9 Å². The van der Waals surface area contributed by atoms with E-state index in [4.69, 9.17) is 17.3 Å². The van der Waals surface area contributed by atoms with Crippen molar-refractivity contribution in [3.05, 3.63) is 387 Å². The summed E-state index contributed by atoms with van der Waals surface area (Å²) < 4.78 is 0. The van der Waals surface area contributed by atoms with Crippen LogP contribution in [0.2, 0.25) is 5.02 Å². The SMILES string of the molecule is Cc1ccc(Sc2ccc(C(=O)c3ccccc3C)cc2)cc1.Cc1ccccc1C(=O)c1ccc(Sc2ccc(Cl)cc2)c([N+](=O)[O-])c1.Cc1ccccc1C(=O)c1ccc(Sc2ccccc2)c([N+](=O)[O-])c1.Cc1ccccc1C(=O)c1ccc(Sc2ccccc2N)c([N+](=O)[O-])c1. The van der Waals surface area contributed by atoms with Gasteiger partial charge in [-0.1, -0.05) is 204 Å². The molecule has 0 heterocycles. The molecule has 0 bridgehead atoms. The van der Waals surface area contributed by atoms with Gasteiger partial charge in [-0.05, 0) is 178 Å². The standard InChI is InChI=1S/C21H18OS.C20H14ClNO3S.C20H16N2O3S.C20H15NO3S/c1-15-7-11-18(12-8-15)23-19-13-9-17(10-14-19)21(22)20-6-4-3-5-16(20)2;1-13-4-2-3-5-17(13)20(23)14-6-11-19(18(12-14)22(24)25)26-16-9-7-15(21)8-10-16;1-13-6-2-3-7-15(13)20(23)14-10-11-19(17(12-14)22(24)25)26-18-9-5-4-8-16(18)21;1-14-7-5-6-10-17(14)20(22)15-11-12-19(18(13-15)21(23)24)25-16-8-3-2-4-9-16/h3-14H,1-2H3;2-12H,1H3;2-12H,21H2,1H3;2-13H,1H3. The van der Waals surface area contributed by atoms with Gasteiger partial charge in [-0.25, -0.2) is 0 Å². The van der Waals surface area contributed by atoms with Crippen LogP contribution >= 0.6 is 58.6 Å². The second kappa shape index (κ2) is 35.0. The Morgan fingerprint density at radius 2 is 0.600 bits per heavy atom. The highest BCUT2D eigenvalue weighted by molar-refractivity contribution is 8.00. The van der Waals surface area contributed by atoms with E-state index in [1.165, 1.54) is 63.9 Å². The first-order valence-corrected chi connectivity index (χ1v) is 34.6. The van der Waals surface area contributed by atoms with E-state index < -0.39 is 14.8 Å². The fourth-order valence-corrected chi connectivity index (χ4v) is 13.7. The molecule has 0 saturated carbocycles. The molecule has 14 nitrogen and oxygen atoms in total. The van der Waals surface area contributed by atoms with Crippen molar-refractivity contribution < 1.29 is 33.9 Å². The molecule has 0 fully saturated rings. The quantitative estimate of drug-likeness (QED) is 0.0344. The van der Waals surface area contributed by atoms with Gasteiger partial charge in [0.15, 0.2) is 23.1 Å². The molecule has 100 heavy (non-hydrogen) atoms. The zero-order chi connectivity index (χ0) is 71.4. The number of carbonyl (C=O) groups is 4. The molecule has 0 aliphatic carbocycles. The summed E-state index contributed by atoms with van der Waals surface area (Å²) in [6.07, 6.45) is 0. The van der Waals surface area contributed by atoms with Crippen LogP contribution in [0, 0.1) is 65.0 Å². The molecule has 12 aromatic carbocycles. The maximum absolute atomic E-state index is 12.7. The van der Waals surface area contributed by atoms with Crippen LogP contribution in [0.4, 0.5) is 22.7 Å². The first-order valence-electron chi connectivity index (χ1n) is 30.9. The average molecular weight is 1420 g/mol. The smallest absolute Gasteiger partial charge is 0.283 e. The Kier molecular flexibility index (Phi) is 25.6. The number of nitro groups is 3. The molecule has 0 unspecified atom stereocenters. The zero-order valence-corrected chi connectivity index (χ0v) is 58.6. The molecular weight excluding hydrogens is 1350 g/mol. The lowest BCUT2D eigenvalue weighted by molar-refractivity contribution is -0.387. The minimum Gasteiger partial charge on any atom is -0.398 e. The van der Waals surface area contributed by atoms with Gasteiger partial charge in [0.1, 0.15) is 0 Å². The number of hydrogen-bond acceptors (Lipinski definition) is 15. The Morgan fingerprint density at radius 3 is 0.970 bits per heavy atom. The molecule has 0 aliphatic rings. The zero-order valence-electron chi connectivity index (χ0n) is 54.6. The normalized spacial score (nSPS) is 10.5. The number of nitrogens with zero attached hydrogens (tertiary/aromatic N) is 3. The van der Waals surface area contributed by atoms with Crippen molar-refractivity contribution in [1.29, 1.82) is 0 Å². The number of benzene rings is 12. The third kappa shape index (κ3) is 19.6. The summed E-state index contributed by atoms with van der Waals surface area (Å²) in [5.41, 5.74) is 15.0.